The maximum Gasteiger partial charge on any atom is 0.273 e. The molecule has 1 unspecified atom stereocenters. The fraction of sp³-hybridized carbons (Fsp3) is 0.500. The maximum absolute atomic E-state index is 11.6. The first-order valence-electron chi connectivity index (χ1n) is 4.93. The second-order valence-corrected chi connectivity index (χ2v) is 3.78. The van der Waals surface area contributed by atoms with Gasteiger partial charge in [0.1, 0.15) is 0 Å². The van der Waals surface area contributed by atoms with Gasteiger partial charge >= 0.3 is 0 Å². The van der Waals surface area contributed by atoms with Crippen LogP contribution in [0.2, 0.25) is 0 Å². The van der Waals surface area contributed by atoms with Crippen LogP contribution in [0.3, 0.4) is 0 Å². The SMILES string of the molecule is Nc1cccn(CC2CCNC2)c1=O. The van der Waals surface area contributed by atoms with Crippen LogP contribution in [-0.2, 0) is 6.54 Å². The van der Waals surface area contributed by atoms with Gasteiger partial charge in [-0.25, -0.2) is 0 Å². The molecule has 1 aliphatic rings. The lowest BCUT2D eigenvalue weighted by atomic mass is 10.1. The lowest BCUT2D eigenvalue weighted by molar-refractivity contribution is 0.473. The molecule has 2 rings (SSSR count). The Morgan fingerprint density at radius 1 is 1.64 bits per heavy atom. The van der Waals surface area contributed by atoms with E-state index in [1.54, 1.807) is 16.8 Å². The number of anilines is 1. The van der Waals surface area contributed by atoms with E-state index in [4.69, 9.17) is 5.73 Å². The van der Waals surface area contributed by atoms with E-state index < -0.39 is 0 Å². The molecule has 0 amide bonds. The van der Waals surface area contributed by atoms with Crippen LogP contribution in [0.4, 0.5) is 5.69 Å². The molecule has 1 aliphatic heterocycles. The van der Waals surface area contributed by atoms with Crippen molar-refractivity contribution in [3.8, 4) is 0 Å². The standard InChI is InChI=1S/C10H15N3O/c11-9-2-1-5-13(10(9)14)7-8-3-4-12-6-8/h1-2,5,8,12H,3-4,6-7,11H2. The highest BCUT2D eigenvalue weighted by atomic mass is 16.1. The normalized spacial score (nSPS) is 21.3. The monoisotopic (exact) mass is 193 g/mol. The molecule has 1 fully saturated rings. The largest absolute Gasteiger partial charge is 0.394 e. The summed E-state index contributed by atoms with van der Waals surface area (Å²) in [6.45, 7) is 2.83. The van der Waals surface area contributed by atoms with E-state index in [-0.39, 0.29) is 5.56 Å². The van der Waals surface area contributed by atoms with Gasteiger partial charge < -0.3 is 15.6 Å². The summed E-state index contributed by atoms with van der Waals surface area (Å²) < 4.78 is 1.70. The third-order valence-electron chi connectivity index (χ3n) is 2.67. The maximum atomic E-state index is 11.6. The number of hydrogen-bond acceptors (Lipinski definition) is 3. The Bertz CT molecular complexity index is 366. The van der Waals surface area contributed by atoms with Gasteiger partial charge in [-0.15, -0.1) is 0 Å². The number of nitrogens with one attached hydrogen (secondary N) is 1. The van der Waals surface area contributed by atoms with Gasteiger partial charge in [0.2, 0.25) is 0 Å². The van der Waals surface area contributed by atoms with Crippen molar-refractivity contribution >= 4 is 5.69 Å². The van der Waals surface area contributed by atoms with E-state index >= 15 is 0 Å². The Morgan fingerprint density at radius 3 is 3.21 bits per heavy atom. The number of pyridine rings is 1. The van der Waals surface area contributed by atoms with Gasteiger partial charge in [-0.2, -0.15) is 0 Å². The van der Waals surface area contributed by atoms with Crippen LogP contribution in [0.1, 0.15) is 6.42 Å². The quantitative estimate of drug-likeness (QED) is 0.697. The van der Waals surface area contributed by atoms with E-state index in [1.807, 2.05) is 6.07 Å². The summed E-state index contributed by atoms with van der Waals surface area (Å²) in [7, 11) is 0. The molecule has 76 valence electrons. The summed E-state index contributed by atoms with van der Waals surface area (Å²) in [5.41, 5.74) is 5.81. The number of nitrogens with zero attached hydrogens (tertiary/aromatic N) is 1. The van der Waals surface area contributed by atoms with Crippen LogP contribution >= 0.6 is 0 Å². The van der Waals surface area contributed by atoms with Crippen molar-refractivity contribution in [1.82, 2.24) is 9.88 Å². The summed E-state index contributed by atoms with van der Waals surface area (Å²) >= 11 is 0. The van der Waals surface area contributed by atoms with Crippen molar-refractivity contribution in [3.05, 3.63) is 28.7 Å². The van der Waals surface area contributed by atoms with Crippen LogP contribution < -0.4 is 16.6 Å². The molecule has 0 aliphatic carbocycles. The highest BCUT2D eigenvalue weighted by Gasteiger charge is 2.15. The fourth-order valence-electron chi connectivity index (χ4n) is 1.85. The van der Waals surface area contributed by atoms with Gasteiger partial charge in [0.15, 0.2) is 0 Å². The summed E-state index contributed by atoms with van der Waals surface area (Å²) in [5.74, 6) is 0.564. The summed E-state index contributed by atoms with van der Waals surface area (Å²) in [4.78, 5) is 11.6. The van der Waals surface area contributed by atoms with Crippen molar-refractivity contribution in [2.45, 2.75) is 13.0 Å². The van der Waals surface area contributed by atoms with Crippen molar-refractivity contribution in [2.75, 3.05) is 18.8 Å². The number of hydrogen-bond donors (Lipinski definition) is 2. The Balaban J connectivity index is 2.16. The van der Waals surface area contributed by atoms with E-state index in [2.05, 4.69) is 5.32 Å². The minimum Gasteiger partial charge on any atom is -0.394 e. The molecule has 0 radical (unpaired) electrons. The molecule has 4 nitrogen and oxygen atoms in total. The number of nitrogen functional groups attached to an aromatic ring is 1. The predicted octanol–water partition coefficient (Wildman–Crippen LogP) is 0.0400. The van der Waals surface area contributed by atoms with Crippen molar-refractivity contribution in [3.63, 3.8) is 0 Å². The second-order valence-electron chi connectivity index (χ2n) is 3.78. The number of nitrogens with two attached hydrogens (primary N) is 1. The molecule has 0 aromatic carbocycles. The highest BCUT2D eigenvalue weighted by molar-refractivity contribution is 5.33. The summed E-state index contributed by atoms with van der Waals surface area (Å²) in [5, 5.41) is 3.28. The summed E-state index contributed by atoms with van der Waals surface area (Å²) in [6, 6.07) is 3.46. The molecule has 0 spiro atoms. The molecular weight excluding hydrogens is 178 g/mol. The van der Waals surface area contributed by atoms with Crippen LogP contribution in [0, 0.1) is 5.92 Å². The Labute approximate surface area is 82.7 Å². The van der Waals surface area contributed by atoms with Crippen LogP contribution in [0.15, 0.2) is 23.1 Å². The molecule has 3 N–H and O–H groups in total. The minimum atomic E-state index is -0.0700. The van der Waals surface area contributed by atoms with Gasteiger partial charge in [-0.3, -0.25) is 4.79 Å². The van der Waals surface area contributed by atoms with Gasteiger partial charge in [-0.1, -0.05) is 0 Å². The first kappa shape index (κ1) is 9.27. The van der Waals surface area contributed by atoms with Crippen LogP contribution in [0.25, 0.3) is 0 Å². The smallest absolute Gasteiger partial charge is 0.273 e. The molecule has 4 heteroatoms. The Morgan fingerprint density at radius 2 is 2.50 bits per heavy atom. The van der Waals surface area contributed by atoms with E-state index in [0.29, 0.717) is 11.6 Å². The average molecular weight is 193 g/mol. The number of aromatic nitrogens is 1. The Hall–Kier alpha value is -1.29. The minimum absolute atomic E-state index is 0.0700. The Kier molecular flexibility index (Phi) is 2.54. The lowest BCUT2D eigenvalue weighted by Gasteiger charge is -2.10. The third kappa shape index (κ3) is 1.80. The second kappa shape index (κ2) is 3.84. The van der Waals surface area contributed by atoms with E-state index in [1.165, 1.54) is 0 Å². The zero-order chi connectivity index (χ0) is 9.97. The molecule has 1 atom stereocenters. The molecule has 1 saturated heterocycles. The molecule has 0 bridgehead atoms. The first-order valence-corrected chi connectivity index (χ1v) is 4.93. The van der Waals surface area contributed by atoms with E-state index in [9.17, 15) is 4.79 Å². The average Bonchev–Trinajstić information content (AvgIpc) is 2.66. The molecule has 1 aromatic heterocycles. The molecule has 2 heterocycles. The first-order chi connectivity index (χ1) is 6.77. The van der Waals surface area contributed by atoms with Crippen molar-refractivity contribution in [1.29, 1.82) is 0 Å². The van der Waals surface area contributed by atoms with Crippen molar-refractivity contribution in [2.24, 2.45) is 5.92 Å². The highest BCUT2D eigenvalue weighted by Crippen LogP contribution is 2.09. The topological polar surface area (TPSA) is 60.0 Å². The molecule has 1 aromatic rings. The molecular formula is C10H15N3O. The van der Waals surface area contributed by atoms with Crippen molar-refractivity contribution < 1.29 is 0 Å². The predicted molar refractivity (Wildman–Crippen MR) is 56.1 cm³/mol. The van der Waals surface area contributed by atoms with Crippen LogP contribution in [-0.4, -0.2) is 17.7 Å². The van der Waals surface area contributed by atoms with Crippen LogP contribution in [0.5, 0.6) is 0 Å². The summed E-state index contributed by atoms with van der Waals surface area (Å²) in [6.07, 6.45) is 2.94. The third-order valence-corrected chi connectivity index (χ3v) is 2.67. The van der Waals surface area contributed by atoms with Gasteiger partial charge in [-0.05, 0) is 37.6 Å². The van der Waals surface area contributed by atoms with E-state index in [0.717, 1.165) is 26.1 Å². The number of rotatable bonds is 2. The lowest BCUT2D eigenvalue weighted by Crippen LogP contribution is -2.26. The molecule has 0 saturated carbocycles. The zero-order valence-electron chi connectivity index (χ0n) is 8.07. The fourth-order valence-corrected chi connectivity index (χ4v) is 1.85. The van der Waals surface area contributed by atoms with Gasteiger partial charge in [0.25, 0.3) is 5.56 Å². The van der Waals surface area contributed by atoms with Gasteiger partial charge in [0, 0.05) is 12.7 Å². The molecule has 14 heavy (non-hydrogen) atoms. The van der Waals surface area contributed by atoms with Gasteiger partial charge in [0.05, 0.1) is 5.69 Å². The zero-order valence-corrected chi connectivity index (χ0v) is 8.07.